The summed E-state index contributed by atoms with van der Waals surface area (Å²) in [5.41, 5.74) is 3.26. The van der Waals surface area contributed by atoms with Gasteiger partial charge < -0.3 is 14.8 Å². The average molecular weight is 364 g/mol. The summed E-state index contributed by atoms with van der Waals surface area (Å²) < 4.78 is 10.5. The number of carbonyl (C=O) groups is 2. The molecule has 6 nitrogen and oxygen atoms in total. The van der Waals surface area contributed by atoms with Crippen LogP contribution in [0, 0.1) is 13.8 Å². The molecular formula is C21H20N2O4. The molecule has 0 fully saturated rings. The van der Waals surface area contributed by atoms with Gasteiger partial charge in [-0.25, -0.2) is 4.79 Å². The fraction of sp³-hybridized carbons (Fsp3) is 0.190. The molecule has 2 aromatic carbocycles. The Morgan fingerprint density at radius 1 is 0.963 bits per heavy atom. The Balaban J connectivity index is 1.52. The second kappa shape index (κ2) is 8.31. The topological polar surface area (TPSA) is 77.5 Å². The summed E-state index contributed by atoms with van der Waals surface area (Å²) >= 11 is 0. The van der Waals surface area contributed by atoms with Gasteiger partial charge in [-0.2, -0.15) is 0 Å². The highest BCUT2D eigenvalue weighted by Crippen LogP contribution is 2.22. The second-order valence-corrected chi connectivity index (χ2v) is 6.09. The van der Waals surface area contributed by atoms with E-state index in [1.54, 1.807) is 24.4 Å². The molecule has 6 heteroatoms. The lowest BCUT2D eigenvalue weighted by molar-refractivity contribution is -0.149. The quantitative estimate of drug-likeness (QED) is 0.678. The number of aryl methyl sites for hydroxylation is 2. The van der Waals surface area contributed by atoms with Crippen LogP contribution in [0.15, 0.2) is 54.7 Å². The molecule has 0 radical (unpaired) electrons. The number of hydrogen-bond donors (Lipinski definition) is 1. The van der Waals surface area contributed by atoms with Gasteiger partial charge in [0, 0.05) is 11.6 Å². The zero-order valence-electron chi connectivity index (χ0n) is 15.2. The number of pyridine rings is 1. The average Bonchev–Trinajstić information content (AvgIpc) is 2.66. The Morgan fingerprint density at radius 3 is 2.48 bits per heavy atom. The van der Waals surface area contributed by atoms with Crippen LogP contribution in [0.1, 0.15) is 11.1 Å². The van der Waals surface area contributed by atoms with Crippen LogP contribution in [0.3, 0.4) is 0 Å². The molecule has 1 aromatic heterocycles. The third-order valence-electron chi connectivity index (χ3n) is 4.03. The molecule has 0 unspecified atom stereocenters. The zero-order chi connectivity index (χ0) is 19.2. The van der Waals surface area contributed by atoms with E-state index < -0.39 is 11.9 Å². The van der Waals surface area contributed by atoms with Crippen LogP contribution in [0.4, 0.5) is 5.69 Å². The number of esters is 1. The number of hydrogen-bond acceptors (Lipinski definition) is 5. The van der Waals surface area contributed by atoms with Gasteiger partial charge in [-0.15, -0.1) is 0 Å². The first-order chi connectivity index (χ1) is 13.0. The number of nitrogens with zero attached hydrogens (tertiary/aromatic N) is 1. The van der Waals surface area contributed by atoms with Gasteiger partial charge in [0.05, 0.1) is 11.2 Å². The van der Waals surface area contributed by atoms with Crippen molar-refractivity contribution in [2.75, 3.05) is 18.5 Å². The molecule has 0 aliphatic carbocycles. The van der Waals surface area contributed by atoms with Crippen LogP contribution in [-0.2, 0) is 14.3 Å². The number of nitrogens with one attached hydrogen (secondary N) is 1. The van der Waals surface area contributed by atoms with E-state index in [9.17, 15) is 9.59 Å². The molecule has 0 aliphatic rings. The van der Waals surface area contributed by atoms with E-state index >= 15 is 0 Å². The van der Waals surface area contributed by atoms with E-state index in [1.165, 1.54) is 0 Å². The number of para-hydroxylation sites is 1. The van der Waals surface area contributed by atoms with Crippen molar-refractivity contribution >= 4 is 28.5 Å². The summed E-state index contributed by atoms with van der Waals surface area (Å²) in [6, 6.07) is 14.8. The lowest BCUT2D eigenvalue weighted by Crippen LogP contribution is -2.24. The van der Waals surface area contributed by atoms with E-state index in [2.05, 4.69) is 10.3 Å². The molecule has 27 heavy (non-hydrogen) atoms. The Morgan fingerprint density at radius 2 is 1.70 bits per heavy atom. The number of aromatic nitrogens is 1. The highest BCUT2D eigenvalue weighted by Gasteiger charge is 2.12. The van der Waals surface area contributed by atoms with Gasteiger partial charge in [0.15, 0.2) is 13.2 Å². The molecule has 3 aromatic rings. The van der Waals surface area contributed by atoms with Crippen molar-refractivity contribution in [1.82, 2.24) is 4.98 Å². The molecule has 138 valence electrons. The molecule has 1 N–H and O–H groups in total. The van der Waals surface area contributed by atoms with Gasteiger partial charge in [0.2, 0.25) is 0 Å². The molecule has 0 spiro atoms. The fourth-order valence-electron chi connectivity index (χ4n) is 2.74. The normalized spacial score (nSPS) is 10.4. The Bertz CT molecular complexity index is 959. The molecular weight excluding hydrogens is 344 g/mol. The van der Waals surface area contributed by atoms with Gasteiger partial charge in [0.25, 0.3) is 5.91 Å². The highest BCUT2D eigenvalue weighted by atomic mass is 16.6. The number of carbonyl (C=O) groups excluding carboxylic acids is 2. The summed E-state index contributed by atoms with van der Waals surface area (Å²) in [5, 5.41) is 3.55. The van der Waals surface area contributed by atoms with E-state index in [4.69, 9.17) is 9.47 Å². The third-order valence-corrected chi connectivity index (χ3v) is 4.03. The molecule has 0 saturated carbocycles. The lowest BCUT2D eigenvalue weighted by Gasteiger charge is -2.12. The second-order valence-electron chi connectivity index (χ2n) is 6.09. The predicted molar refractivity (Wildman–Crippen MR) is 103 cm³/mol. The molecule has 0 bridgehead atoms. The predicted octanol–water partition coefficient (Wildman–Crippen LogP) is 3.41. The van der Waals surface area contributed by atoms with E-state index in [0.29, 0.717) is 11.4 Å². The molecule has 1 heterocycles. The molecule has 0 aliphatic heterocycles. The Labute approximate surface area is 157 Å². The van der Waals surface area contributed by atoms with Gasteiger partial charge in [0.1, 0.15) is 5.75 Å². The minimum absolute atomic E-state index is 0.253. The van der Waals surface area contributed by atoms with Gasteiger partial charge in [-0.3, -0.25) is 9.78 Å². The summed E-state index contributed by atoms with van der Waals surface area (Å²) in [6.45, 7) is 3.17. The summed E-state index contributed by atoms with van der Waals surface area (Å²) in [4.78, 5) is 28.2. The molecule has 1 amide bonds. The number of amides is 1. The maximum Gasteiger partial charge on any atom is 0.344 e. The van der Waals surface area contributed by atoms with Crippen LogP contribution in [-0.4, -0.2) is 30.1 Å². The largest absolute Gasteiger partial charge is 0.481 e. The summed E-state index contributed by atoms with van der Waals surface area (Å²) in [6.07, 6.45) is 1.69. The Hall–Kier alpha value is -3.41. The minimum atomic E-state index is -0.604. The van der Waals surface area contributed by atoms with Crippen molar-refractivity contribution in [2.24, 2.45) is 0 Å². The molecule has 0 atom stereocenters. The third kappa shape index (κ3) is 4.61. The van der Waals surface area contributed by atoms with E-state index in [-0.39, 0.29) is 13.2 Å². The summed E-state index contributed by atoms with van der Waals surface area (Å²) in [5.74, 6) is -0.374. The van der Waals surface area contributed by atoms with Crippen LogP contribution >= 0.6 is 0 Å². The fourth-order valence-corrected chi connectivity index (χ4v) is 2.74. The van der Waals surface area contributed by atoms with Crippen molar-refractivity contribution in [3.05, 3.63) is 65.9 Å². The van der Waals surface area contributed by atoms with Crippen molar-refractivity contribution in [1.29, 1.82) is 0 Å². The van der Waals surface area contributed by atoms with Crippen LogP contribution in [0.5, 0.6) is 5.75 Å². The first-order valence-corrected chi connectivity index (χ1v) is 8.53. The van der Waals surface area contributed by atoms with Gasteiger partial charge >= 0.3 is 5.97 Å². The molecule has 0 saturated heterocycles. The van der Waals surface area contributed by atoms with Crippen molar-refractivity contribution in [2.45, 2.75) is 13.8 Å². The van der Waals surface area contributed by atoms with E-state index in [0.717, 1.165) is 22.0 Å². The number of anilines is 1. The van der Waals surface area contributed by atoms with Gasteiger partial charge in [-0.05, 0) is 49.2 Å². The van der Waals surface area contributed by atoms with Crippen molar-refractivity contribution < 1.29 is 19.1 Å². The van der Waals surface area contributed by atoms with Crippen LogP contribution in [0.2, 0.25) is 0 Å². The first-order valence-electron chi connectivity index (χ1n) is 8.53. The number of fused-ring (bicyclic) bond motifs is 1. The lowest BCUT2D eigenvalue weighted by atomic mass is 10.1. The van der Waals surface area contributed by atoms with Crippen LogP contribution < -0.4 is 10.1 Å². The Kier molecular flexibility index (Phi) is 5.66. The van der Waals surface area contributed by atoms with Crippen molar-refractivity contribution in [3.63, 3.8) is 0 Å². The standard InChI is InChI=1S/C21H20N2O4/c1-14-6-3-7-15(2)21(14)27-13-20(25)26-12-19(24)23-18-10-4-9-17-16(18)8-5-11-22-17/h3-11H,12-13H2,1-2H3,(H,23,24). The first kappa shape index (κ1) is 18.4. The zero-order valence-corrected chi connectivity index (χ0v) is 15.2. The van der Waals surface area contributed by atoms with Gasteiger partial charge in [-0.1, -0.05) is 24.3 Å². The summed E-state index contributed by atoms with van der Waals surface area (Å²) in [7, 11) is 0. The maximum absolute atomic E-state index is 12.1. The highest BCUT2D eigenvalue weighted by molar-refractivity contribution is 6.01. The monoisotopic (exact) mass is 364 g/mol. The van der Waals surface area contributed by atoms with E-state index in [1.807, 2.05) is 44.2 Å². The molecule has 3 rings (SSSR count). The van der Waals surface area contributed by atoms with Crippen LogP contribution in [0.25, 0.3) is 10.9 Å². The number of benzene rings is 2. The van der Waals surface area contributed by atoms with Crippen molar-refractivity contribution in [3.8, 4) is 5.75 Å². The smallest absolute Gasteiger partial charge is 0.344 e. The minimum Gasteiger partial charge on any atom is -0.481 e. The number of rotatable bonds is 6. The number of ether oxygens (including phenoxy) is 2. The SMILES string of the molecule is Cc1cccc(C)c1OCC(=O)OCC(=O)Nc1cccc2ncccc12. The maximum atomic E-state index is 12.1.